The largest absolute Gasteiger partial charge is 0.332 e. The Morgan fingerprint density at radius 1 is 0.929 bits per heavy atom. The van der Waals surface area contributed by atoms with Crippen molar-refractivity contribution in [3.05, 3.63) is 30.3 Å². The Morgan fingerprint density at radius 2 is 1.71 bits per heavy atom. The van der Waals surface area contributed by atoms with Crippen LogP contribution in [0.15, 0.2) is 30.3 Å². The molecule has 7 nitrogen and oxygen atoms in total. The molecule has 4 fully saturated rings. The quantitative estimate of drug-likeness (QED) is 0.818. The number of carbonyl (C=O) groups excluding carboxylic acids is 2. The number of amides is 3. The van der Waals surface area contributed by atoms with E-state index in [1.165, 1.54) is 0 Å². The Balaban J connectivity index is 1.25. The molecule has 0 saturated carbocycles. The van der Waals surface area contributed by atoms with Crippen molar-refractivity contribution >= 4 is 17.6 Å². The standard InChI is InChI=1S/C21H29N5O2/c27-20-19(9-13-25(20)15-4-2-1-3-5-15)24-12-8-18-17(14-24)23-21(28)26(18)16-6-10-22-11-7-16/h1-5,16-19,22H,6-14H2,(H,23,28). The van der Waals surface area contributed by atoms with E-state index in [9.17, 15) is 9.59 Å². The Morgan fingerprint density at radius 3 is 2.50 bits per heavy atom. The molecule has 4 aliphatic heterocycles. The lowest BCUT2D eigenvalue weighted by Gasteiger charge is -2.41. The number of rotatable bonds is 3. The monoisotopic (exact) mass is 383 g/mol. The fourth-order valence-corrected chi connectivity index (χ4v) is 5.50. The van der Waals surface area contributed by atoms with E-state index >= 15 is 0 Å². The number of hydrogen-bond donors (Lipinski definition) is 2. The number of likely N-dealkylation sites (tertiary alicyclic amines) is 1. The minimum atomic E-state index is -0.0639. The first-order chi connectivity index (χ1) is 13.7. The second kappa shape index (κ2) is 7.37. The summed E-state index contributed by atoms with van der Waals surface area (Å²) in [6.07, 6.45) is 3.88. The van der Waals surface area contributed by atoms with Gasteiger partial charge in [0.2, 0.25) is 5.91 Å². The van der Waals surface area contributed by atoms with Gasteiger partial charge in [-0.25, -0.2) is 4.79 Å². The Labute approximate surface area is 166 Å². The van der Waals surface area contributed by atoms with E-state index in [0.29, 0.717) is 6.04 Å². The van der Waals surface area contributed by atoms with E-state index in [0.717, 1.165) is 64.1 Å². The molecule has 7 heteroatoms. The summed E-state index contributed by atoms with van der Waals surface area (Å²) in [5.41, 5.74) is 0.983. The van der Waals surface area contributed by atoms with Gasteiger partial charge in [0, 0.05) is 31.4 Å². The zero-order valence-corrected chi connectivity index (χ0v) is 16.2. The predicted molar refractivity (Wildman–Crippen MR) is 107 cm³/mol. The van der Waals surface area contributed by atoms with Crippen molar-refractivity contribution in [1.82, 2.24) is 20.4 Å². The van der Waals surface area contributed by atoms with Crippen LogP contribution >= 0.6 is 0 Å². The molecule has 150 valence electrons. The predicted octanol–water partition coefficient (Wildman–Crippen LogP) is 1.01. The summed E-state index contributed by atoms with van der Waals surface area (Å²) in [7, 11) is 0. The zero-order chi connectivity index (χ0) is 19.1. The highest BCUT2D eigenvalue weighted by Crippen LogP contribution is 2.31. The highest BCUT2D eigenvalue weighted by atomic mass is 16.2. The lowest BCUT2D eigenvalue weighted by Crippen LogP contribution is -2.57. The van der Waals surface area contributed by atoms with Gasteiger partial charge in [0.05, 0.1) is 18.1 Å². The molecule has 3 amide bonds. The highest BCUT2D eigenvalue weighted by Gasteiger charge is 2.48. The number of para-hydroxylation sites is 1. The van der Waals surface area contributed by atoms with Crippen molar-refractivity contribution in [2.45, 2.75) is 49.9 Å². The molecule has 4 aliphatic rings. The van der Waals surface area contributed by atoms with Crippen LogP contribution in [-0.4, -0.2) is 78.6 Å². The van der Waals surface area contributed by atoms with Gasteiger partial charge < -0.3 is 20.4 Å². The van der Waals surface area contributed by atoms with Crippen molar-refractivity contribution in [3.8, 4) is 0 Å². The van der Waals surface area contributed by atoms with E-state index in [2.05, 4.69) is 20.4 Å². The Kier molecular flexibility index (Phi) is 4.72. The maximum Gasteiger partial charge on any atom is 0.318 e. The lowest BCUT2D eigenvalue weighted by atomic mass is 9.95. The Bertz CT molecular complexity index is 736. The van der Waals surface area contributed by atoms with Crippen LogP contribution in [0.3, 0.4) is 0 Å². The van der Waals surface area contributed by atoms with Crippen molar-refractivity contribution in [2.75, 3.05) is 37.6 Å². The molecule has 0 aromatic heterocycles. The minimum absolute atomic E-state index is 0.0639. The maximum absolute atomic E-state index is 13.1. The van der Waals surface area contributed by atoms with E-state index in [-0.39, 0.29) is 30.1 Å². The van der Waals surface area contributed by atoms with Crippen LogP contribution in [0, 0.1) is 0 Å². The van der Waals surface area contributed by atoms with E-state index in [1.54, 1.807) is 0 Å². The Hall–Kier alpha value is -2.12. The van der Waals surface area contributed by atoms with Gasteiger partial charge in [0.15, 0.2) is 0 Å². The number of nitrogens with zero attached hydrogens (tertiary/aromatic N) is 3. The van der Waals surface area contributed by atoms with Crippen molar-refractivity contribution in [2.24, 2.45) is 0 Å². The molecule has 0 bridgehead atoms. The molecule has 3 unspecified atom stereocenters. The van der Waals surface area contributed by atoms with Gasteiger partial charge in [-0.05, 0) is 50.9 Å². The van der Waals surface area contributed by atoms with Gasteiger partial charge in [-0.2, -0.15) is 0 Å². The number of carbonyl (C=O) groups is 2. The zero-order valence-electron chi connectivity index (χ0n) is 16.2. The molecular formula is C21H29N5O2. The molecule has 3 atom stereocenters. The molecule has 0 aliphatic carbocycles. The van der Waals surface area contributed by atoms with Crippen LogP contribution in [0.2, 0.25) is 0 Å². The summed E-state index contributed by atoms with van der Waals surface area (Å²) in [4.78, 5) is 32.1. The summed E-state index contributed by atoms with van der Waals surface area (Å²) >= 11 is 0. The fraction of sp³-hybridized carbons (Fsp3) is 0.619. The average Bonchev–Trinajstić information content (AvgIpc) is 3.27. The van der Waals surface area contributed by atoms with Crippen LogP contribution in [0.4, 0.5) is 10.5 Å². The highest BCUT2D eigenvalue weighted by molar-refractivity contribution is 5.99. The molecule has 0 spiro atoms. The molecule has 1 aromatic rings. The molecule has 1 aromatic carbocycles. The summed E-state index contributed by atoms with van der Waals surface area (Å²) in [5.74, 6) is 0.198. The van der Waals surface area contributed by atoms with E-state index in [4.69, 9.17) is 0 Å². The first-order valence-electron chi connectivity index (χ1n) is 10.6. The smallest absolute Gasteiger partial charge is 0.318 e. The minimum Gasteiger partial charge on any atom is -0.332 e. The normalized spacial score (nSPS) is 31.9. The second-order valence-corrected chi connectivity index (χ2v) is 8.43. The average molecular weight is 383 g/mol. The summed E-state index contributed by atoms with van der Waals surface area (Å²) in [6.45, 7) is 4.41. The number of urea groups is 1. The van der Waals surface area contributed by atoms with Crippen molar-refractivity contribution in [3.63, 3.8) is 0 Å². The number of hydrogen-bond acceptors (Lipinski definition) is 4. The van der Waals surface area contributed by atoms with Crippen LogP contribution in [0.5, 0.6) is 0 Å². The third kappa shape index (κ3) is 3.06. The molecule has 5 rings (SSSR count). The fourth-order valence-electron chi connectivity index (χ4n) is 5.50. The number of anilines is 1. The molecule has 28 heavy (non-hydrogen) atoms. The van der Waals surface area contributed by atoms with Crippen molar-refractivity contribution in [1.29, 1.82) is 0 Å². The molecular weight excluding hydrogens is 354 g/mol. The molecule has 2 N–H and O–H groups in total. The van der Waals surface area contributed by atoms with Crippen LogP contribution in [0.25, 0.3) is 0 Å². The number of benzene rings is 1. The second-order valence-electron chi connectivity index (χ2n) is 8.43. The van der Waals surface area contributed by atoms with Gasteiger partial charge >= 0.3 is 6.03 Å². The number of nitrogens with one attached hydrogen (secondary N) is 2. The summed E-state index contributed by atoms with van der Waals surface area (Å²) in [6, 6.07) is 10.7. The van der Waals surface area contributed by atoms with Crippen LogP contribution in [-0.2, 0) is 4.79 Å². The van der Waals surface area contributed by atoms with E-state index < -0.39 is 0 Å². The van der Waals surface area contributed by atoms with Gasteiger partial charge in [-0.1, -0.05) is 18.2 Å². The van der Waals surface area contributed by atoms with Crippen LogP contribution in [0.1, 0.15) is 25.7 Å². The first kappa shape index (κ1) is 17.9. The summed E-state index contributed by atoms with van der Waals surface area (Å²) in [5, 5.41) is 6.60. The maximum atomic E-state index is 13.1. The third-order valence-electron chi connectivity index (χ3n) is 6.90. The topological polar surface area (TPSA) is 67.9 Å². The molecule has 4 saturated heterocycles. The van der Waals surface area contributed by atoms with Gasteiger partial charge in [0.25, 0.3) is 0 Å². The molecule has 0 radical (unpaired) electrons. The lowest BCUT2D eigenvalue weighted by molar-refractivity contribution is -0.122. The third-order valence-corrected chi connectivity index (χ3v) is 6.90. The SMILES string of the molecule is O=C1C(N2CCC3C(C2)NC(=O)N3C2CCNCC2)CCN1c1ccccc1. The van der Waals surface area contributed by atoms with Gasteiger partial charge in [-0.15, -0.1) is 0 Å². The number of fused-ring (bicyclic) bond motifs is 1. The number of piperidine rings is 2. The van der Waals surface area contributed by atoms with E-state index in [1.807, 2.05) is 35.2 Å². The first-order valence-corrected chi connectivity index (χ1v) is 10.6. The van der Waals surface area contributed by atoms with Crippen molar-refractivity contribution < 1.29 is 9.59 Å². The molecule has 4 heterocycles. The van der Waals surface area contributed by atoms with Crippen LogP contribution < -0.4 is 15.5 Å². The van der Waals surface area contributed by atoms with Gasteiger partial charge in [-0.3, -0.25) is 9.69 Å². The summed E-state index contributed by atoms with van der Waals surface area (Å²) < 4.78 is 0. The van der Waals surface area contributed by atoms with Gasteiger partial charge in [0.1, 0.15) is 0 Å².